The minimum absolute atomic E-state index is 0.215. The summed E-state index contributed by atoms with van der Waals surface area (Å²) >= 11 is 5.88. The minimum Gasteiger partial charge on any atom is -0.454 e. The molecule has 0 fully saturated rings. The van der Waals surface area contributed by atoms with Crippen LogP contribution in [0.2, 0.25) is 5.02 Å². The maximum atomic E-state index is 11.8. The molecule has 5 heteroatoms. The number of carbonyl (C=O) groups is 1. The van der Waals surface area contributed by atoms with Crippen molar-refractivity contribution < 1.29 is 14.3 Å². The fraction of sp³-hybridized carbons (Fsp3) is 0.105. The van der Waals surface area contributed by atoms with Crippen molar-refractivity contribution in [1.82, 2.24) is 5.32 Å². The summed E-state index contributed by atoms with van der Waals surface area (Å²) < 4.78 is 10.5. The molecule has 1 amide bonds. The fourth-order valence-corrected chi connectivity index (χ4v) is 2.28. The molecule has 0 aromatic heterocycles. The Balaban J connectivity index is 1.51. The van der Waals surface area contributed by atoms with Crippen LogP contribution < -0.4 is 14.8 Å². The van der Waals surface area contributed by atoms with Crippen LogP contribution in [0.25, 0.3) is 6.08 Å². The molecule has 4 nitrogen and oxygen atoms in total. The van der Waals surface area contributed by atoms with Gasteiger partial charge in [0.2, 0.25) is 12.7 Å². The van der Waals surface area contributed by atoms with Gasteiger partial charge in [-0.05, 0) is 42.0 Å². The van der Waals surface area contributed by atoms with Crippen LogP contribution >= 0.6 is 11.6 Å². The summed E-state index contributed by atoms with van der Waals surface area (Å²) in [4.78, 5) is 11.8. The Morgan fingerprint density at radius 2 is 2.08 bits per heavy atom. The molecule has 2 aromatic carbocycles. The summed E-state index contributed by atoms with van der Waals surface area (Å²) in [6.45, 7) is 0.491. The van der Waals surface area contributed by atoms with E-state index in [1.54, 1.807) is 18.2 Å². The number of ether oxygens (including phenoxy) is 2. The lowest BCUT2D eigenvalue weighted by Crippen LogP contribution is -2.20. The standard InChI is InChI=1S/C19H14ClNO3/c20-16-5-1-3-14(11-16)4-2-10-21-19(22)9-7-15-6-8-17-18(12-15)24-13-23-17/h1,3,5-9,11-12H,10,13H2,(H,21,22)/b9-7+. The maximum Gasteiger partial charge on any atom is 0.244 e. The van der Waals surface area contributed by atoms with Crippen LogP contribution in [0.3, 0.4) is 0 Å². The van der Waals surface area contributed by atoms with Crippen LogP contribution in [-0.2, 0) is 4.79 Å². The first-order valence-electron chi connectivity index (χ1n) is 7.31. The van der Waals surface area contributed by atoms with E-state index >= 15 is 0 Å². The van der Waals surface area contributed by atoms with Gasteiger partial charge < -0.3 is 14.8 Å². The lowest BCUT2D eigenvalue weighted by Gasteiger charge is -1.98. The number of halogens is 1. The van der Waals surface area contributed by atoms with Crippen LogP contribution in [-0.4, -0.2) is 19.2 Å². The van der Waals surface area contributed by atoms with Crippen molar-refractivity contribution >= 4 is 23.6 Å². The highest BCUT2D eigenvalue weighted by atomic mass is 35.5. The molecule has 1 aliphatic rings. The van der Waals surface area contributed by atoms with E-state index in [4.69, 9.17) is 21.1 Å². The smallest absolute Gasteiger partial charge is 0.244 e. The summed E-state index contributed by atoms with van der Waals surface area (Å²) in [5.74, 6) is 7.01. The highest BCUT2D eigenvalue weighted by Gasteiger charge is 2.12. The van der Waals surface area contributed by atoms with E-state index in [2.05, 4.69) is 17.2 Å². The van der Waals surface area contributed by atoms with Crippen LogP contribution in [0.4, 0.5) is 0 Å². The first kappa shape index (κ1) is 16.0. The highest BCUT2D eigenvalue weighted by molar-refractivity contribution is 6.30. The number of carbonyl (C=O) groups excluding carboxylic acids is 1. The highest BCUT2D eigenvalue weighted by Crippen LogP contribution is 2.32. The first-order chi connectivity index (χ1) is 11.7. The fourth-order valence-electron chi connectivity index (χ4n) is 2.09. The van der Waals surface area contributed by atoms with Gasteiger partial charge in [0.1, 0.15) is 0 Å². The molecule has 1 aliphatic heterocycles. The summed E-state index contributed by atoms with van der Waals surface area (Å²) in [6, 6.07) is 12.8. The normalized spacial score (nSPS) is 11.9. The Morgan fingerprint density at radius 3 is 2.96 bits per heavy atom. The Morgan fingerprint density at radius 1 is 1.21 bits per heavy atom. The van der Waals surface area contributed by atoms with Crippen molar-refractivity contribution in [3.05, 3.63) is 64.7 Å². The Hall–Kier alpha value is -2.90. The first-order valence-corrected chi connectivity index (χ1v) is 7.68. The van der Waals surface area contributed by atoms with Crippen LogP contribution in [0.5, 0.6) is 11.5 Å². The van der Waals surface area contributed by atoms with Crippen molar-refractivity contribution in [2.24, 2.45) is 0 Å². The van der Waals surface area contributed by atoms with Gasteiger partial charge >= 0.3 is 0 Å². The van der Waals surface area contributed by atoms with Gasteiger partial charge in [-0.1, -0.05) is 35.6 Å². The second-order valence-corrected chi connectivity index (χ2v) is 5.41. The van der Waals surface area contributed by atoms with Crippen molar-refractivity contribution in [3.63, 3.8) is 0 Å². The Labute approximate surface area is 145 Å². The SMILES string of the molecule is O=C(/C=C/c1ccc2c(c1)OCO2)NCC#Cc1cccc(Cl)c1. The molecule has 0 spiro atoms. The number of hydrogen-bond acceptors (Lipinski definition) is 3. The van der Waals surface area contributed by atoms with E-state index < -0.39 is 0 Å². The number of rotatable bonds is 3. The molecule has 0 bridgehead atoms. The zero-order valence-corrected chi connectivity index (χ0v) is 13.5. The number of benzene rings is 2. The van der Waals surface area contributed by atoms with Gasteiger partial charge in [0, 0.05) is 16.7 Å². The van der Waals surface area contributed by atoms with Crippen LogP contribution in [0, 0.1) is 11.8 Å². The third-order valence-electron chi connectivity index (χ3n) is 3.23. The van der Waals surface area contributed by atoms with E-state index in [-0.39, 0.29) is 19.2 Å². The molecule has 0 radical (unpaired) electrons. The zero-order valence-electron chi connectivity index (χ0n) is 12.7. The molecule has 1 N–H and O–H groups in total. The monoisotopic (exact) mass is 339 g/mol. The number of hydrogen-bond donors (Lipinski definition) is 1. The van der Waals surface area contributed by atoms with Crippen molar-refractivity contribution in [2.45, 2.75) is 0 Å². The predicted octanol–water partition coefficient (Wildman–Crippen LogP) is 3.25. The lowest BCUT2D eigenvalue weighted by molar-refractivity contribution is -0.116. The largest absolute Gasteiger partial charge is 0.454 e. The average Bonchev–Trinajstić information content (AvgIpc) is 3.05. The molecule has 0 saturated heterocycles. The van der Waals surface area contributed by atoms with E-state index in [0.29, 0.717) is 16.5 Å². The van der Waals surface area contributed by atoms with Gasteiger partial charge in [-0.3, -0.25) is 4.79 Å². The van der Waals surface area contributed by atoms with Crippen LogP contribution in [0.15, 0.2) is 48.5 Å². The van der Waals surface area contributed by atoms with Gasteiger partial charge in [-0.25, -0.2) is 0 Å². The zero-order chi connectivity index (χ0) is 16.8. The van der Waals surface area contributed by atoms with E-state index in [1.165, 1.54) is 6.08 Å². The van der Waals surface area contributed by atoms with Gasteiger partial charge in [-0.15, -0.1) is 0 Å². The summed E-state index contributed by atoms with van der Waals surface area (Å²) in [5.41, 5.74) is 1.67. The molecule has 2 aromatic rings. The van der Waals surface area contributed by atoms with Gasteiger partial charge in [0.15, 0.2) is 11.5 Å². The van der Waals surface area contributed by atoms with Gasteiger partial charge in [0.25, 0.3) is 0 Å². The number of fused-ring (bicyclic) bond motifs is 1. The minimum atomic E-state index is -0.215. The molecule has 1 heterocycles. The van der Waals surface area contributed by atoms with Gasteiger partial charge in [-0.2, -0.15) is 0 Å². The van der Waals surface area contributed by atoms with Crippen molar-refractivity contribution in [2.75, 3.05) is 13.3 Å². The molecule has 0 saturated carbocycles. The van der Waals surface area contributed by atoms with Crippen molar-refractivity contribution in [1.29, 1.82) is 0 Å². The van der Waals surface area contributed by atoms with E-state index in [9.17, 15) is 4.79 Å². The molecular weight excluding hydrogens is 326 g/mol. The second-order valence-electron chi connectivity index (χ2n) is 4.98. The molecule has 0 atom stereocenters. The maximum absolute atomic E-state index is 11.8. The van der Waals surface area contributed by atoms with E-state index in [0.717, 1.165) is 11.1 Å². The number of nitrogens with one attached hydrogen (secondary N) is 1. The molecule has 3 rings (SSSR count). The molecule has 120 valence electrons. The van der Waals surface area contributed by atoms with Crippen molar-refractivity contribution in [3.8, 4) is 23.3 Å². The lowest BCUT2D eigenvalue weighted by atomic mass is 10.2. The molecule has 24 heavy (non-hydrogen) atoms. The third kappa shape index (κ3) is 4.31. The Kier molecular flexibility index (Phi) is 5.05. The Bertz CT molecular complexity index is 849. The van der Waals surface area contributed by atoms with Gasteiger partial charge in [0.05, 0.1) is 6.54 Å². The molecule has 0 aliphatic carbocycles. The predicted molar refractivity (Wildman–Crippen MR) is 92.9 cm³/mol. The summed E-state index contributed by atoms with van der Waals surface area (Å²) in [7, 11) is 0. The van der Waals surface area contributed by atoms with Crippen LogP contribution in [0.1, 0.15) is 11.1 Å². The molecular formula is C19H14ClNO3. The quantitative estimate of drug-likeness (QED) is 0.689. The summed E-state index contributed by atoms with van der Waals surface area (Å²) in [5, 5.41) is 3.34. The van der Waals surface area contributed by atoms with E-state index in [1.807, 2.05) is 30.3 Å². The topological polar surface area (TPSA) is 47.6 Å². The third-order valence-corrected chi connectivity index (χ3v) is 3.47. The molecule has 0 unspecified atom stereocenters. The summed E-state index contributed by atoms with van der Waals surface area (Å²) in [6.07, 6.45) is 3.17. The average molecular weight is 340 g/mol. The second kappa shape index (κ2) is 7.58. The number of amides is 1.